The molecule has 0 radical (unpaired) electrons. The number of aliphatic hydroxyl groups is 1. The van der Waals surface area contributed by atoms with E-state index < -0.39 is 18.0 Å². The summed E-state index contributed by atoms with van der Waals surface area (Å²) in [6.45, 7) is 1.69. The highest BCUT2D eigenvalue weighted by atomic mass is 16.5. The number of anilines is 2. The first-order chi connectivity index (χ1) is 19.0. The van der Waals surface area contributed by atoms with E-state index in [0.29, 0.717) is 28.1 Å². The number of ether oxygens (including phenoxy) is 1. The molecule has 11 heteroatoms. The minimum atomic E-state index is -1.29. The van der Waals surface area contributed by atoms with Crippen LogP contribution in [0.5, 0.6) is 0 Å². The summed E-state index contributed by atoms with van der Waals surface area (Å²) in [6, 6.07) is 15.7. The molecule has 1 aliphatic rings. The number of esters is 1. The molecule has 1 saturated heterocycles. The third kappa shape index (κ3) is 6.11. The van der Waals surface area contributed by atoms with Crippen molar-refractivity contribution in [2.45, 2.75) is 31.6 Å². The van der Waals surface area contributed by atoms with Crippen molar-refractivity contribution >= 4 is 23.4 Å². The van der Waals surface area contributed by atoms with Crippen molar-refractivity contribution in [2.24, 2.45) is 0 Å². The van der Waals surface area contributed by atoms with Crippen LogP contribution in [0, 0.1) is 0 Å². The molecule has 3 heterocycles. The molecule has 4 aromatic rings. The van der Waals surface area contributed by atoms with E-state index >= 15 is 0 Å². The number of hydrogen-bond donors (Lipinski definition) is 4. The van der Waals surface area contributed by atoms with E-state index in [4.69, 9.17) is 10.5 Å². The van der Waals surface area contributed by atoms with Crippen LogP contribution >= 0.6 is 0 Å². The number of nitrogens with two attached hydrogens (primary N) is 1. The lowest BCUT2D eigenvalue weighted by Crippen LogP contribution is -2.29. The lowest BCUT2D eigenvalue weighted by atomic mass is 10.1. The van der Waals surface area contributed by atoms with Crippen molar-refractivity contribution < 1.29 is 19.4 Å². The Labute approximate surface area is 225 Å². The molecule has 1 fully saturated rings. The van der Waals surface area contributed by atoms with E-state index in [1.807, 2.05) is 10.9 Å². The average molecular weight is 528 g/mol. The van der Waals surface area contributed by atoms with E-state index in [1.165, 1.54) is 6.20 Å². The van der Waals surface area contributed by atoms with Crippen LogP contribution in [-0.2, 0) is 16.1 Å². The summed E-state index contributed by atoms with van der Waals surface area (Å²) >= 11 is 0. The van der Waals surface area contributed by atoms with Gasteiger partial charge in [-0.2, -0.15) is 5.10 Å². The van der Waals surface area contributed by atoms with Crippen LogP contribution in [0.25, 0.3) is 11.3 Å². The van der Waals surface area contributed by atoms with Crippen LogP contribution in [0.1, 0.15) is 46.6 Å². The maximum Gasteiger partial charge on any atom is 0.361 e. The molecule has 1 amide bonds. The summed E-state index contributed by atoms with van der Waals surface area (Å²) in [4.78, 5) is 35.1. The lowest BCUT2D eigenvalue weighted by Gasteiger charge is -2.22. The number of nitrogens with one attached hydrogen (secondary N) is 2. The number of nitrogens with zero attached hydrogens (tertiary/aromatic N) is 4. The summed E-state index contributed by atoms with van der Waals surface area (Å²) in [5.41, 5.74) is 8.47. The Bertz CT molecular complexity index is 1450. The normalized spacial score (nSPS) is 14.5. The summed E-state index contributed by atoms with van der Waals surface area (Å²) in [5, 5.41) is 20.0. The molecular weight excluding hydrogens is 498 g/mol. The Morgan fingerprint density at radius 1 is 1.13 bits per heavy atom. The number of carbonyl (C=O) groups is 2. The first-order valence-electron chi connectivity index (χ1n) is 12.7. The Kier molecular flexibility index (Phi) is 7.90. The van der Waals surface area contributed by atoms with Crippen LogP contribution in [-0.4, -0.2) is 49.8 Å². The van der Waals surface area contributed by atoms with Gasteiger partial charge in [0.2, 0.25) is 6.10 Å². The molecular formula is C28H29N7O4. The molecule has 39 heavy (non-hydrogen) atoms. The molecule has 0 spiro atoms. The van der Waals surface area contributed by atoms with Gasteiger partial charge in [-0.1, -0.05) is 42.5 Å². The van der Waals surface area contributed by atoms with Gasteiger partial charge in [-0.15, -0.1) is 0 Å². The predicted octanol–water partition coefficient (Wildman–Crippen LogP) is 2.88. The third-order valence-electron chi connectivity index (χ3n) is 6.52. The van der Waals surface area contributed by atoms with E-state index in [0.717, 1.165) is 25.9 Å². The van der Waals surface area contributed by atoms with Gasteiger partial charge in [-0.3, -0.25) is 9.48 Å². The van der Waals surface area contributed by atoms with Gasteiger partial charge in [0.1, 0.15) is 0 Å². The van der Waals surface area contributed by atoms with Crippen molar-refractivity contribution in [1.82, 2.24) is 25.1 Å². The number of benzene rings is 2. The van der Waals surface area contributed by atoms with Crippen LogP contribution in [0.15, 0.2) is 73.2 Å². The first kappa shape index (κ1) is 26.0. The van der Waals surface area contributed by atoms with Crippen molar-refractivity contribution in [2.75, 3.05) is 24.1 Å². The van der Waals surface area contributed by atoms with Gasteiger partial charge >= 0.3 is 5.97 Å². The fourth-order valence-electron chi connectivity index (χ4n) is 4.45. The van der Waals surface area contributed by atoms with Crippen molar-refractivity contribution in [1.29, 1.82) is 0 Å². The summed E-state index contributed by atoms with van der Waals surface area (Å²) in [7, 11) is 0. The molecule has 0 unspecified atom stereocenters. The quantitative estimate of drug-likeness (QED) is 0.253. The van der Waals surface area contributed by atoms with E-state index in [2.05, 4.69) is 25.7 Å². The second-order valence-corrected chi connectivity index (χ2v) is 9.22. The number of carbonyl (C=O) groups excluding carboxylic acids is 2. The van der Waals surface area contributed by atoms with Crippen LogP contribution in [0.3, 0.4) is 0 Å². The number of amides is 1. The molecule has 2 aromatic heterocycles. The molecule has 0 saturated carbocycles. The zero-order chi connectivity index (χ0) is 27.2. The summed E-state index contributed by atoms with van der Waals surface area (Å²) in [5.74, 6) is -1.58. The Morgan fingerprint density at radius 3 is 2.69 bits per heavy atom. The zero-order valence-electron chi connectivity index (χ0n) is 21.2. The Morgan fingerprint density at radius 2 is 1.92 bits per heavy atom. The number of nitrogen functional groups attached to an aromatic ring is 1. The topological polar surface area (TPSA) is 157 Å². The Hall–Kier alpha value is -4.61. The monoisotopic (exact) mass is 527 g/mol. The van der Waals surface area contributed by atoms with Crippen LogP contribution in [0.4, 0.5) is 11.5 Å². The minimum Gasteiger partial charge on any atom is -0.442 e. The molecule has 1 aliphatic heterocycles. The third-order valence-corrected chi connectivity index (χ3v) is 6.52. The molecule has 0 bridgehead atoms. The van der Waals surface area contributed by atoms with Crippen molar-refractivity contribution in [3.8, 4) is 11.3 Å². The highest BCUT2D eigenvalue weighted by molar-refractivity contribution is 5.99. The molecule has 2 aromatic carbocycles. The molecule has 0 aliphatic carbocycles. The average Bonchev–Trinajstić information content (AvgIpc) is 3.47. The van der Waals surface area contributed by atoms with Gasteiger partial charge in [0.25, 0.3) is 5.91 Å². The molecule has 5 rings (SSSR count). The van der Waals surface area contributed by atoms with Crippen LogP contribution < -0.4 is 16.4 Å². The number of aliphatic hydroxyl groups excluding tert-OH is 1. The van der Waals surface area contributed by atoms with E-state index in [1.54, 1.807) is 60.8 Å². The summed E-state index contributed by atoms with van der Waals surface area (Å²) in [6.07, 6.45) is 5.69. The second-order valence-electron chi connectivity index (χ2n) is 9.22. The van der Waals surface area contributed by atoms with Gasteiger partial charge in [0.15, 0.2) is 11.5 Å². The largest absolute Gasteiger partial charge is 0.442 e. The van der Waals surface area contributed by atoms with E-state index in [-0.39, 0.29) is 24.2 Å². The van der Waals surface area contributed by atoms with Crippen molar-refractivity contribution in [3.05, 3.63) is 90.0 Å². The molecule has 5 N–H and O–H groups in total. The lowest BCUT2D eigenvalue weighted by molar-refractivity contribution is -0.125. The summed E-state index contributed by atoms with van der Waals surface area (Å²) < 4.78 is 7.59. The SMILES string of the molecule is Nc1ncc(-c2cnn(C3CCNCC3)c2)nc1C(=O)O[C@@H](C(=O)Nc1cccc(CO)c1)c1ccccc1. The highest BCUT2D eigenvalue weighted by Crippen LogP contribution is 2.26. The fraction of sp³-hybridized carbons (Fsp3) is 0.250. The maximum absolute atomic E-state index is 13.3. The molecule has 1 atom stereocenters. The van der Waals surface area contributed by atoms with Crippen LogP contribution in [0.2, 0.25) is 0 Å². The van der Waals surface area contributed by atoms with Crippen molar-refractivity contribution in [3.63, 3.8) is 0 Å². The zero-order valence-corrected chi connectivity index (χ0v) is 21.2. The Balaban J connectivity index is 1.38. The number of hydrogen-bond acceptors (Lipinski definition) is 9. The maximum atomic E-state index is 13.3. The number of piperidine rings is 1. The standard InChI is InChI=1S/C28H29N7O4/c29-26-24(34-23(15-31-26)20-14-32-35(16-20)22-9-11-30-12-10-22)28(38)39-25(19-6-2-1-3-7-19)27(37)33-21-8-4-5-18(13-21)17-36/h1-8,13-16,22,25,30,36H,9-12,17H2,(H2,29,31)(H,33,37)/t25-/m1/s1. The fourth-order valence-corrected chi connectivity index (χ4v) is 4.45. The van der Waals surface area contributed by atoms with Gasteiger partial charge in [-0.25, -0.2) is 14.8 Å². The predicted molar refractivity (Wildman–Crippen MR) is 144 cm³/mol. The first-order valence-corrected chi connectivity index (χ1v) is 12.7. The van der Waals surface area contributed by atoms with Gasteiger partial charge in [-0.05, 0) is 43.6 Å². The second kappa shape index (κ2) is 11.8. The highest BCUT2D eigenvalue weighted by Gasteiger charge is 2.28. The van der Waals surface area contributed by atoms with Gasteiger partial charge in [0, 0.05) is 23.0 Å². The smallest absolute Gasteiger partial charge is 0.361 e. The van der Waals surface area contributed by atoms with Gasteiger partial charge in [0.05, 0.1) is 30.7 Å². The number of rotatable bonds is 8. The molecule has 200 valence electrons. The number of aromatic nitrogens is 4. The molecule has 11 nitrogen and oxygen atoms in total. The van der Waals surface area contributed by atoms with E-state index in [9.17, 15) is 14.7 Å². The minimum absolute atomic E-state index is 0.114. The van der Waals surface area contributed by atoms with Gasteiger partial charge < -0.3 is 26.2 Å².